The number of halogens is 1. The summed E-state index contributed by atoms with van der Waals surface area (Å²) in [5, 5.41) is 0. The average Bonchev–Trinajstić information content (AvgIpc) is 1.63. The van der Waals surface area contributed by atoms with Gasteiger partial charge in [0.05, 0.1) is 0 Å². The molecule has 0 spiro atoms. The molecule has 0 aliphatic rings. The summed E-state index contributed by atoms with van der Waals surface area (Å²) in [4.78, 5) is 0. The van der Waals surface area contributed by atoms with Gasteiger partial charge < -0.3 is 4.74 Å². The van der Waals surface area contributed by atoms with E-state index in [4.69, 9.17) is 4.74 Å². The molecule has 0 aliphatic carbocycles. The van der Waals surface area contributed by atoms with Crippen LogP contribution in [-0.2, 0) is 4.74 Å². The summed E-state index contributed by atoms with van der Waals surface area (Å²) in [5.41, 5.74) is 0. The molecule has 2 nitrogen and oxygen atoms in total. The smallest absolute Gasteiger partial charge is 0.107 e. The van der Waals surface area contributed by atoms with Gasteiger partial charge in [-0.1, -0.05) is 13.1 Å². The summed E-state index contributed by atoms with van der Waals surface area (Å²) in [6.45, 7) is 5.42. The normalized spacial score (nSPS) is 11.3. The van der Waals surface area contributed by atoms with Crippen molar-refractivity contribution >= 4 is 31.7 Å². The maximum Gasteiger partial charge on any atom is 0.107 e. The van der Waals surface area contributed by atoms with Gasteiger partial charge in [-0.15, -0.1) is 0 Å². The minimum Gasteiger partial charge on any atom is -0.369 e. The number of hydrogen-bond acceptors (Lipinski definition) is 2. The van der Waals surface area contributed by atoms with Crippen LogP contribution >= 0.6 is 22.9 Å². The molecule has 0 unspecified atom stereocenters. The third kappa shape index (κ3) is 6.76. The molecule has 0 aromatic rings. The Kier molecular flexibility index (Phi) is 6.18. The Balaban J connectivity index is 3.15. The van der Waals surface area contributed by atoms with Gasteiger partial charge >= 0.3 is 0 Å². The number of nitrogens with zero attached hydrogens (tertiary/aromatic N) is 1. The molecule has 0 radical (unpaired) electrons. The Bertz CT molecular complexity index is 72.0. The van der Waals surface area contributed by atoms with E-state index in [2.05, 4.69) is 39.1 Å². The number of rotatable bonds is 4. The van der Waals surface area contributed by atoms with Crippen molar-refractivity contribution in [2.45, 2.75) is 13.1 Å². The Labute approximate surface area is 72.7 Å². The van der Waals surface area contributed by atoms with Crippen LogP contribution in [0.2, 0.25) is 13.1 Å². The lowest BCUT2D eigenvalue weighted by Crippen LogP contribution is -2.24. The quantitative estimate of drug-likeness (QED) is 0.326. The van der Waals surface area contributed by atoms with Crippen LogP contribution in [0.3, 0.4) is 0 Å². The maximum atomic E-state index is 4.95. The van der Waals surface area contributed by atoms with E-state index < -0.39 is 8.80 Å². The van der Waals surface area contributed by atoms with Gasteiger partial charge in [-0.05, 0) is 0 Å². The largest absolute Gasteiger partial charge is 0.369 e. The lowest BCUT2D eigenvalue weighted by atomic mass is 11.1. The lowest BCUT2D eigenvalue weighted by molar-refractivity contribution is 0.142. The second-order valence-electron chi connectivity index (χ2n) is 2.46. The highest BCUT2D eigenvalue weighted by atomic mass is 127. The zero-order chi connectivity index (χ0) is 7.28. The fraction of sp³-hybridized carbons (Fsp3) is 1.00. The van der Waals surface area contributed by atoms with Crippen molar-refractivity contribution in [3.8, 4) is 0 Å². The number of hydrogen-bond donors (Lipinski definition) is 0. The molecule has 0 saturated heterocycles. The van der Waals surface area contributed by atoms with Gasteiger partial charge in [0.25, 0.3) is 0 Å². The Morgan fingerprint density at radius 2 is 2.11 bits per heavy atom. The van der Waals surface area contributed by atoms with Crippen LogP contribution in [0.15, 0.2) is 0 Å². The van der Waals surface area contributed by atoms with Gasteiger partial charge in [-0.2, -0.15) is 0 Å². The van der Waals surface area contributed by atoms with Crippen molar-refractivity contribution in [2.75, 3.05) is 20.0 Å². The van der Waals surface area contributed by atoms with Crippen molar-refractivity contribution in [1.82, 2.24) is 3.11 Å². The summed E-state index contributed by atoms with van der Waals surface area (Å²) in [7, 11) is 1.31. The first-order chi connectivity index (χ1) is 4.16. The molecule has 0 aromatic carbocycles. The fourth-order valence-corrected chi connectivity index (χ4v) is 4.13. The molecule has 0 heterocycles. The molecule has 0 rings (SSSR count). The molecule has 0 fully saturated rings. The predicted molar refractivity (Wildman–Crippen MR) is 51.5 cm³/mol. The molecule has 9 heavy (non-hydrogen) atoms. The Hall–Kier alpha value is 0.867. The first kappa shape index (κ1) is 9.87. The predicted octanol–water partition coefficient (Wildman–Crippen LogP) is 1.27. The van der Waals surface area contributed by atoms with E-state index in [-0.39, 0.29) is 0 Å². The highest BCUT2D eigenvalue weighted by Gasteiger charge is 2.01. The van der Waals surface area contributed by atoms with Gasteiger partial charge in [0, 0.05) is 44.9 Å². The second-order valence-corrected chi connectivity index (χ2v) is 6.97. The van der Waals surface area contributed by atoms with Gasteiger partial charge in [-0.25, -0.2) is 3.11 Å². The third-order valence-corrected chi connectivity index (χ3v) is 3.42. The van der Waals surface area contributed by atoms with Gasteiger partial charge in [-0.3, -0.25) is 0 Å². The molecule has 0 saturated carbocycles. The lowest BCUT2D eigenvalue weighted by Gasteiger charge is -2.13. The molecule has 0 bridgehead atoms. The molecule has 0 atom stereocenters. The summed E-state index contributed by atoms with van der Waals surface area (Å²) in [6, 6.07) is 0. The van der Waals surface area contributed by atoms with E-state index in [0.29, 0.717) is 0 Å². The first-order valence-corrected chi connectivity index (χ1v) is 7.15. The molecular weight excluding hydrogens is 245 g/mol. The van der Waals surface area contributed by atoms with Gasteiger partial charge in [0.2, 0.25) is 0 Å². The third-order valence-electron chi connectivity index (χ3n) is 0.832. The molecule has 0 aliphatic heterocycles. The van der Waals surface area contributed by atoms with Crippen molar-refractivity contribution in [3.63, 3.8) is 0 Å². The van der Waals surface area contributed by atoms with Crippen LogP contribution in [0.25, 0.3) is 0 Å². The van der Waals surface area contributed by atoms with Crippen LogP contribution < -0.4 is 0 Å². The van der Waals surface area contributed by atoms with Crippen molar-refractivity contribution in [3.05, 3.63) is 0 Å². The molecule has 56 valence electrons. The van der Waals surface area contributed by atoms with Crippen LogP contribution in [0.1, 0.15) is 0 Å². The topological polar surface area (TPSA) is 12.5 Å². The summed E-state index contributed by atoms with van der Waals surface area (Å²) >= 11 is 2.30. The summed E-state index contributed by atoms with van der Waals surface area (Å²) in [5.74, 6) is 0. The molecule has 0 aromatic heterocycles. The number of ether oxygens (including phenoxy) is 1. The second kappa shape index (κ2) is 5.64. The Morgan fingerprint density at radius 3 is 2.44 bits per heavy atom. The summed E-state index contributed by atoms with van der Waals surface area (Å²) < 4.78 is 7.13. The molecule has 0 N–H and O–H groups in total. The zero-order valence-electron chi connectivity index (χ0n) is 6.22. The van der Waals surface area contributed by atoms with Crippen molar-refractivity contribution in [1.29, 1.82) is 0 Å². The minimum atomic E-state index is -0.422. The standard InChI is InChI=1S/C5H14INOSi/c1-8-4-7(6)5-9(2)3/h9H,4-5H2,1-3H3. The zero-order valence-corrected chi connectivity index (χ0v) is 9.54. The van der Waals surface area contributed by atoms with Crippen LogP contribution in [0.5, 0.6) is 0 Å². The highest BCUT2D eigenvalue weighted by Crippen LogP contribution is 1.98. The van der Waals surface area contributed by atoms with Crippen LogP contribution in [0.4, 0.5) is 0 Å². The first-order valence-electron chi connectivity index (χ1n) is 3.06. The van der Waals surface area contributed by atoms with E-state index >= 15 is 0 Å². The molecule has 0 amide bonds. The Morgan fingerprint density at radius 1 is 1.56 bits per heavy atom. The minimum absolute atomic E-state index is 0.422. The highest BCUT2D eigenvalue weighted by molar-refractivity contribution is 14.1. The van der Waals surface area contributed by atoms with Gasteiger partial charge in [0.15, 0.2) is 0 Å². The SMILES string of the molecule is COCN(I)C[SiH](C)C. The maximum absolute atomic E-state index is 4.95. The molecular formula is C5H14INOSi. The van der Waals surface area contributed by atoms with Gasteiger partial charge in [0.1, 0.15) is 6.73 Å². The van der Waals surface area contributed by atoms with Crippen molar-refractivity contribution in [2.24, 2.45) is 0 Å². The van der Waals surface area contributed by atoms with E-state index in [1.165, 1.54) is 6.17 Å². The average molecular weight is 259 g/mol. The summed E-state index contributed by atoms with van der Waals surface area (Å²) in [6.07, 6.45) is 1.23. The number of methoxy groups -OCH3 is 1. The molecule has 4 heteroatoms. The monoisotopic (exact) mass is 259 g/mol. The van der Waals surface area contributed by atoms with Crippen molar-refractivity contribution < 1.29 is 4.74 Å². The van der Waals surface area contributed by atoms with E-state index in [0.717, 1.165) is 6.73 Å². The van der Waals surface area contributed by atoms with E-state index in [1.54, 1.807) is 7.11 Å². The fourth-order valence-electron chi connectivity index (χ4n) is 0.589. The van der Waals surface area contributed by atoms with Crippen LogP contribution in [-0.4, -0.2) is 31.9 Å². The van der Waals surface area contributed by atoms with Crippen LogP contribution in [0, 0.1) is 0 Å². The van der Waals surface area contributed by atoms with E-state index in [9.17, 15) is 0 Å². The van der Waals surface area contributed by atoms with E-state index in [1.807, 2.05) is 0 Å².